The van der Waals surface area contributed by atoms with Gasteiger partial charge in [-0.3, -0.25) is 0 Å². The van der Waals surface area contributed by atoms with E-state index in [4.69, 9.17) is 10.5 Å². The second kappa shape index (κ2) is 7.59. The molecule has 0 amide bonds. The van der Waals surface area contributed by atoms with Gasteiger partial charge in [0.2, 0.25) is 0 Å². The van der Waals surface area contributed by atoms with Gasteiger partial charge < -0.3 is 9.80 Å². The van der Waals surface area contributed by atoms with Gasteiger partial charge in [-0.05, 0) is 5.56 Å². The summed E-state index contributed by atoms with van der Waals surface area (Å²) in [5.74, 6) is 0. The molecule has 0 aliphatic carbocycles. The molecule has 1 aliphatic heterocycles. The van der Waals surface area contributed by atoms with Crippen LogP contribution in [0.3, 0.4) is 0 Å². The smallest absolute Gasteiger partial charge is 0.190 e. The monoisotopic (exact) mass is 241 g/mol. The summed E-state index contributed by atoms with van der Waals surface area (Å²) < 4.78 is 0. The van der Waals surface area contributed by atoms with Crippen molar-refractivity contribution in [3.05, 3.63) is 48.3 Å². The van der Waals surface area contributed by atoms with Crippen LogP contribution in [0.4, 0.5) is 0 Å². The fourth-order valence-corrected chi connectivity index (χ4v) is 1.53. The Kier molecular flexibility index (Phi) is 5.65. The van der Waals surface area contributed by atoms with Gasteiger partial charge in [-0.1, -0.05) is 30.3 Å². The van der Waals surface area contributed by atoms with Gasteiger partial charge in [-0.15, -0.1) is 0 Å². The third-order valence-corrected chi connectivity index (χ3v) is 2.28. The van der Waals surface area contributed by atoms with E-state index in [-0.39, 0.29) is 0 Å². The van der Waals surface area contributed by atoms with Gasteiger partial charge >= 0.3 is 0 Å². The van der Waals surface area contributed by atoms with Crippen LogP contribution in [0.25, 0.3) is 0 Å². The number of nitriles is 2. The van der Waals surface area contributed by atoms with Crippen molar-refractivity contribution < 1.29 is 0 Å². The Hall–Kier alpha value is -2.66. The van der Waals surface area contributed by atoms with Crippen molar-refractivity contribution in [3.8, 4) is 12.4 Å². The maximum Gasteiger partial charge on any atom is 0.190 e. The minimum atomic E-state index is 0.995. The first kappa shape index (κ1) is 13.4. The molecule has 2 rings (SSSR count). The standard InChI is InChI=1S/C11H14N2.C2HN3/c1-12-7-8-13(10-12)9-11-5-3-2-4-6-11;3-1-5-2-4/h2-8H,9-10H2,1H3;5H. The number of hydrogen-bond donors (Lipinski definition) is 1. The molecule has 1 N–H and O–H groups in total. The number of hydrogen-bond acceptors (Lipinski definition) is 5. The molecular weight excluding hydrogens is 226 g/mol. The van der Waals surface area contributed by atoms with Crippen LogP contribution in [-0.2, 0) is 6.54 Å². The second-order valence-corrected chi connectivity index (χ2v) is 3.78. The summed E-state index contributed by atoms with van der Waals surface area (Å²) in [4.78, 5) is 4.46. The fraction of sp³-hybridized carbons (Fsp3) is 0.231. The molecule has 1 heterocycles. The highest BCUT2D eigenvalue weighted by atomic mass is 15.3. The van der Waals surface area contributed by atoms with E-state index in [0.717, 1.165) is 13.2 Å². The molecule has 18 heavy (non-hydrogen) atoms. The zero-order valence-electron chi connectivity index (χ0n) is 10.2. The van der Waals surface area contributed by atoms with Crippen LogP contribution in [0, 0.1) is 22.9 Å². The summed E-state index contributed by atoms with van der Waals surface area (Å²) in [6.45, 7) is 2.00. The minimum Gasteiger partial charge on any atom is -0.362 e. The summed E-state index contributed by atoms with van der Waals surface area (Å²) in [7, 11) is 2.08. The van der Waals surface area contributed by atoms with E-state index in [2.05, 4.69) is 59.6 Å². The van der Waals surface area contributed by atoms with E-state index in [0.29, 0.717) is 0 Å². The molecule has 1 aromatic carbocycles. The molecule has 0 fully saturated rings. The van der Waals surface area contributed by atoms with E-state index in [9.17, 15) is 0 Å². The van der Waals surface area contributed by atoms with Gasteiger partial charge in [-0.2, -0.15) is 10.5 Å². The average Bonchev–Trinajstić information content (AvgIpc) is 2.78. The Bertz CT molecular complexity index is 443. The van der Waals surface area contributed by atoms with Crippen molar-refractivity contribution in [3.63, 3.8) is 0 Å². The van der Waals surface area contributed by atoms with Crippen molar-refractivity contribution in [2.24, 2.45) is 0 Å². The van der Waals surface area contributed by atoms with Crippen molar-refractivity contribution in [2.75, 3.05) is 13.7 Å². The van der Waals surface area contributed by atoms with Gasteiger partial charge in [0.25, 0.3) is 0 Å². The fourth-order valence-electron chi connectivity index (χ4n) is 1.53. The first-order valence-electron chi connectivity index (χ1n) is 5.46. The van der Waals surface area contributed by atoms with Crippen LogP contribution in [0.1, 0.15) is 5.56 Å². The molecule has 0 saturated heterocycles. The minimum absolute atomic E-state index is 0.995. The lowest BCUT2D eigenvalue weighted by molar-refractivity contribution is 0.291. The highest BCUT2D eigenvalue weighted by Gasteiger charge is 2.07. The van der Waals surface area contributed by atoms with E-state index in [1.165, 1.54) is 17.9 Å². The normalized spacial score (nSPS) is 12.2. The number of rotatable bonds is 2. The van der Waals surface area contributed by atoms with Gasteiger partial charge in [-0.25, -0.2) is 5.32 Å². The number of nitrogens with one attached hydrogen (secondary N) is 1. The molecule has 0 radical (unpaired) electrons. The summed E-state index contributed by atoms with van der Waals surface area (Å²) in [5.41, 5.74) is 1.36. The summed E-state index contributed by atoms with van der Waals surface area (Å²) in [5, 5.41) is 16.7. The molecule has 92 valence electrons. The van der Waals surface area contributed by atoms with Crippen molar-refractivity contribution in [1.82, 2.24) is 15.1 Å². The molecule has 0 aromatic heterocycles. The predicted octanol–water partition coefficient (Wildman–Crippen LogP) is 1.40. The van der Waals surface area contributed by atoms with E-state index in [1.54, 1.807) is 5.32 Å². The third-order valence-electron chi connectivity index (χ3n) is 2.28. The van der Waals surface area contributed by atoms with Crippen molar-refractivity contribution in [2.45, 2.75) is 6.54 Å². The highest BCUT2D eigenvalue weighted by molar-refractivity contribution is 5.15. The van der Waals surface area contributed by atoms with E-state index >= 15 is 0 Å². The van der Waals surface area contributed by atoms with Crippen LogP contribution in [0.2, 0.25) is 0 Å². The first-order chi connectivity index (χ1) is 8.76. The average molecular weight is 241 g/mol. The second-order valence-electron chi connectivity index (χ2n) is 3.78. The molecule has 5 heteroatoms. The largest absolute Gasteiger partial charge is 0.362 e. The van der Waals surface area contributed by atoms with Crippen LogP contribution < -0.4 is 5.32 Å². The van der Waals surface area contributed by atoms with Gasteiger partial charge in [0.05, 0.1) is 6.67 Å². The van der Waals surface area contributed by atoms with Crippen LogP contribution >= 0.6 is 0 Å². The first-order valence-corrected chi connectivity index (χ1v) is 5.46. The summed E-state index contributed by atoms with van der Waals surface area (Å²) in [6, 6.07) is 10.5. The quantitative estimate of drug-likeness (QED) is 0.626. The lowest BCUT2D eigenvalue weighted by atomic mass is 10.2. The Morgan fingerprint density at radius 2 is 1.83 bits per heavy atom. The maximum absolute atomic E-state index is 7.48. The third kappa shape index (κ3) is 4.91. The Balaban J connectivity index is 0.000000280. The molecule has 5 nitrogen and oxygen atoms in total. The Labute approximate surface area is 107 Å². The zero-order chi connectivity index (χ0) is 13.2. The van der Waals surface area contributed by atoms with Crippen molar-refractivity contribution >= 4 is 0 Å². The number of benzene rings is 1. The maximum atomic E-state index is 7.48. The zero-order valence-corrected chi connectivity index (χ0v) is 10.2. The highest BCUT2D eigenvalue weighted by Crippen LogP contribution is 2.09. The van der Waals surface area contributed by atoms with Gasteiger partial charge in [0.1, 0.15) is 0 Å². The van der Waals surface area contributed by atoms with Crippen LogP contribution in [0.15, 0.2) is 42.7 Å². The Morgan fingerprint density at radius 1 is 1.17 bits per heavy atom. The molecule has 0 saturated carbocycles. The topological polar surface area (TPSA) is 66.1 Å². The molecular formula is C13H15N5. The van der Waals surface area contributed by atoms with Gasteiger partial charge in [0, 0.05) is 26.0 Å². The summed E-state index contributed by atoms with van der Waals surface area (Å²) >= 11 is 0. The predicted molar refractivity (Wildman–Crippen MR) is 68.1 cm³/mol. The van der Waals surface area contributed by atoms with Crippen molar-refractivity contribution in [1.29, 1.82) is 10.5 Å². The summed E-state index contributed by atoms with van der Waals surface area (Å²) in [6.07, 6.45) is 7.04. The molecule has 0 unspecified atom stereocenters. The molecule has 0 bridgehead atoms. The van der Waals surface area contributed by atoms with E-state index < -0.39 is 0 Å². The van der Waals surface area contributed by atoms with E-state index in [1.807, 2.05) is 0 Å². The van der Waals surface area contributed by atoms with Gasteiger partial charge in [0.15, 0.2) is 12.4 Å². The van der Waals surface area contributed by atoms with Crippen LogP contribution in [0.5, 0.6) is 0 Å². The lowest BCUT2D eigenvalue weighted by Gasteiger charge is -2.17. The molecule has 0 atom stereocenters. The molecule has 0 spiro atoms. The van der Waals surface area contributed by atoms with Crippen LogP contribution in [-0.4, -0.2) is 23.5 Å². The lowest BCUT2D eigenvalue weighted by Crippen LogP contribution is -2.21. The Morgan fingerprint density at radius 3 is 2.28 bits per heavy atom. The molecule has 1 aromatic rings. The SMILES string of the molecule is CN1C=CN(Cc2ccccc2)C1.N#CNC#N. The molecule has 1 aliphatic rings. The number of nitrogens with zero attached hydrogens (tertiary/aromatic N) is 4.